The summed E-state index contributed by atoms with van der Waals surface area (Å²) in [7, 11) is 0. The fourth-order valence-corrected chi connectivity index (χ4v) is 2.50. The Balaban J connectivity index is 1.87. The molecule has 0 saturated carbocycles. The van der Waals surface area contributed by atoms with Crippen LogP contribution in [-0.2, 0) is 4.79 Å². The maximum Gasteiger partial charge on any atom is 0.258 e. The summed E-state index contributed by atoms with van der Waals surface area (Å²) >= 11 is 3.40. The summed E-state index contributed by atoms with van der Waals surface area (Å²) in [6, 6.07) is 15.5. The predicted molar refractivity (Wildman–Crippen MR) is 87.4 cm³/mol. The van der Waals surface area contributed by atoms with Gasteiger partial charge >= 0.3 is 0 Å². The van der Waals surface area contributed by atoms with Gasteiger partial charge in [-0.3, -0.25) is 4.79 Å². The zero-order valence-corrected chi connectivity index (χ0v) is 13.7. The van der Waals surface area contributed by atoms with E-state index in [-0.39, 0.29) is 18.6 Å². The first kappa shape index (κ1) is 15.6. The number of ether oxygens (including phenoxy) is 1. The first-order chi connectivity index (χ1) is 10.1. The van der Waals surface area contributed by atoms with E-state index in [1.165, 1.54) is 0 Å². The van der Waals surface area contributed by atoms with Gasteiger partial charge in [0.05, 0.1) is 6.04 Å². The molecule has 0 heterocycles. The lowest BCUT2D eigenvalue weighted by Gasteiger charge is -2.15. The summed E-state index contributed by atoms with van der Waals surface area (Å²) in [4.78, 5) is 11.9. The van der Waals surface area contributed by atoms with Crippen molar-refractivity contribution in [2.45, 2.75) is 19.9 Å². The summed E-state index contributed by atoms with van der Waals surface area (Å²) in [6.45, 7) is 3.92. The topological polar surface area (TPSA) is 38.3 Å². The second kappa shape index (κ2) is 7.27. The Hall–Kier alpha value is -1.81. The minimum absolute atomic E-state index is 0.0135. The van der Waals surface area contributed by atoms with E-state index < -0.39 is 0 Å². The van der Waals surface area contributed by atoms with Gasteiger partial charge in [0.25, 0.3) is 5.91 Å². The van der Waals surface area contributed by atoms with Crippen LogP contribution in [0.3, 0.4) is 0 Å². The highest BCUT2D eigenvalue weighted by atomic mass is 79.9. The lowest BCUT2D eigenvalue weighted by molar-refractivity contribution is -0.123. The van der Waals surface area contributed by atoms with E-state index >= 15 is 0 Å². The van der Waals surface area contributed by atoms with Crippen LogP contribution in [0.15, 0.2) is 53.0 Å². The molecule has 0 radical (unpaired) electrons. The molecule has 4 heteroatoms. The Kier molecular flexibility index (Phi) is 5.39. The highest BCUT2D eigenvalue weighted by molar-refractivity contribution is 9.10. The average molecular weight is 348 g/mol. The molecular weight excluding hydrogens is 330 g/mol. The zero-order chi connectivity index (χ0) is 15.2. The molecule has 2 rings (SSSR count). The zero-order valence-electron chi connectivity index (χ0n) is 12.1. The Morgan fingerprint density at radius 1 is 1.24 bits per heavy atom. The number of hydrogen-bond acceptors (Lipinski definition) is 2. The molecule has 0 bridgehead atoms. The van der Waals surface area contributed by atoms with Crippen molar-refractivity contribution in [2.75, 3.05) is 6.61 Å². The summed E-state index contributed by atoms with van der Waals surface area (Å²) < 4.78 is 6.55. The minimum Gasteiger partial charge on any atom is -0.484 e. The van der Waals surface area contributed by atoms with Crippen LogP contribution in [0.1, 0.15) is 24.1 Å². The first-order valence-electron chi connectivity index (χ1n) is 6.79. The lowest BCUT2D eigenvalue weighted by atomic mass is 10.1. The molecule has 0 aliphatic rings. The molecule has 1 N–H and O–H groups in total. The number of nitrogens with one attached hydrogen (secondary N) is 1. The van der Waals surface area contributed by atoms with Gasteiger partial charge in [-0.25, -0.2) is 0 Å². The van der Waals surface area contributed by atoms with Crippen LogP contribution in [0.5, 0.6) is 5.75 Å². The monoisotopic (exact) mass is 347 g/mol. The summed E-state index contributed by atoms with van der Waals surface area (Å²) in [6.07, 6.45) is 0. The number of carbonyl (C=O) groups excluding carboxylic acids is 1. The molecular formula is C17H18BrNO2. The van der Waals surface area contributed by atoms with Crippen LogP contribution >= 0.6 is 15.9 Å². The molecule has 2 aromatic rings. The van der Waals surface area contributed by atoms with Crippen molar-refractivity contribution in [3.8, 4) is 5.75 Å². The standard InChI is InChI=1S/C17H18BrNO2/c1-12-10-15(18)8-9-16(12)21-11-17(20)19-13(2)14-6-4-3-5-7-14/h3-10,13H,11H2,1-2H3,(H,19,20)/t13-/m1/s1. The molecule has 0 aliphatic heterocycles. The second-order valence-electron chi connectivity index (χ2n) is 4.90. The van der Waals surface area contributed by atoms with Gasteiger partial charge in [-0.1, -0.05) is 46.3 Å². The van der Waals surface area contributed by atoms with Crippen molar-refractivity contribution in [3.63, 3.8) is 0 Å². The third-order valence-corrected chi connectivity index (χ3v) is 3.67. The Labute approximate surface area is 133 Å². The maximum atomic E-state index is 11.9. The van der Waals surface area contributed by atoms with Crippen LogP contribution < -0.4 is 10.1 Å². The van der Waals surface area contributed by atoms with Crippen LogP contribution in [0, 0.1) is 6.92 Å². The third kappa shape index (κ3) is 4.60. The summed E-state index contributed by atoms with van der Waals surface area (Å²) in [5.74, 6) is 0.592. The molecule has 1 amide bonds. The van der Waals surface area contributed by atoms with Crippen molar-refractivity contribution in [3.05, 3.63) is 64.1 Å². The van der Waals surface area contributed by atoms with Gasteiger partial charge in [0, 0.05) is 4.47 Å². The number of amides is 1. The van der Waals surface area contributed by atoms with Gasteiger partial charge < -0.3 is 10.1 Å². The van der Waals surface area contributed by atoms with Gasteiger partial charge in [0.1, 0.15) is 5.75 Å². The van der Waals surface area contributed by atoms with Crippen molar-refractivity contribution in [1.82, 2.24) is 5.32 Å². The van der Waals surface area contributed by atoms with Crippen LogP contribution in [0.4, 0.5) is 0 Å². The van der Waals surface area contributed by atoms with Crippen LogP contribution in [0.25, 0.3) is 0 Å². The normalized spacial score (nSPS) is 11.8. The van der Waals surface area contributed by atoms with E-state index in [1.54, 1.807) is 0 Å². The molecule has 0 aliphatic carbocycles. The maximum absolute atomic E-state index is 11.9. The predicted octanol–water partition coefficient (Wildman–Crippen LogP) is 4.01. The van der Waals surface area contributed by atoms with Crippen LogP contribution in [0.2, 0.25) is 0 Å². The fourth-order valence-electron chi connectivity index (χ4n) is 2.03. The van der Waals surface area contributed by atoms with Crippen LogP contribution in [-0.4, -0.2) is 12.5 Å². The molecule has 1 atom stereocenters. The van der Waals surface area contributed by atoms with Gasteiger partial charge in [0.15, 0.2) is 6.61 Å². The van der Waals surface area contributed by atoms with Gasteiger partial charge in [-0.15, -0.1) is 0 Å². The molecule has 0 unspecified atom stereocenters. The average Bonchev–Trinajstić information content (AvgIpc) is 2.47. The molecule has 0 fully saturated rings. The Morgan fingerprint density at radius 3 is 2.62 bits per heavy atom. The summed E-state index contributed by atoms with van der Waals surface area (Å²) in [5.41, 5.74) is 2.07. The number of benzene rings is 2. The number of carbonyl (C=O) groups is 1. The Morgan fingerprint density at radius 2 is 1.95 bits per heavy atom. The second-order valence-corrected chi connectivity index (χ2v) is 5.81. The van der Waals surface area contributed by atoms with E-state index in [9.17, 15) is 4.79 Å². The smallest absolute Gasteiger partial charge is 0.258 e. The molecule has 3 nitrogen and oxygen atoms in total. The number of halogens is 1. The quantitative estimate of drug-likeness (QED) is 0.887. The van der Waals surface area contributed by atoms with Gasteiger partial charge in [0.2, 0.25) is 0 Å². The number of rotatable bonds is 5. The minimum atomic E-state index is -0.131. The molecule has 0 saturated heterocycles. The molecule has 110 valence electrons. The lowest BCUT2D eigenvalue weighted by Crippen LogP contribution is -2.31. The molecule has 2 aromatic carbocycles. The van der Waals surface area contributed by atoms with Gasteiger partial charge in [-0.2, -0.15) is 0 Å². The molecule has 0 spiro atoms. The first-order valence-corrected chi connectivity index (χ1v) is 7.59. The van der Waals surface area contributed by atoms with Crippen molar-refractivity contribution >= 4 is 21.8 Å². The van der Waals surface area contributed by atoms with Gasteiger partial charge in [-0.05, 0) is 43.2 Å². The number of aryl methyl sites for hydroxylation is 1. The summed E-state index contributed by atoms with van der Waals surface area (Å²) in [5, 5.41) is 2.92. The highest BCUT2D eigenvalue weighted by Gasteiger charge is 2.10. The van der Waals surface area contributed by atoms with E-state index in [1.807, 2.05) is 62.4 Å². The van der Waals surface area contributed by atoms with Crippen molar-refractivity contribution in [2.24, 2.45) is 0 Å². The molecule has 0 aromatic heterocycles. The fraction of sp³-hybridized carbons (Fsp3) is 0.235. The Bertz CT molecular complexity index is 613. The van der Waals surface area contributed by atoms with E-state index in [0.717, 1.165) is 21.3 Å². The third-order valence-electron chi connectivity index (χ3n) is 3.17. The van der Waals surface area contributed by atoms with E-state index in [2.05, 4.69) is 21.2 Å². The highest BCUT2D eigenvalue weighted by Crippen LogP contribution is 2.22. The SMILES string of the molecule is Cc1cc(Br)ccc1OCC(=O)N[C@H](C)c1ccccc1. The van der Waals surface area contributed by atoms with Crippen molar-refractivity contribution < 1.29 is 9.53 Å². The van der Waals surface area contributed by atoms with Crippen molar-refractivity contribution in [1.29, 1.82) is 0 Å². The molecule has 21 heavy (non-hydrogen) atoms. The van der Waals surface area contributed by atoms with E-state index in [4.69, 9.17) is 4.74 Å². The van der Waals surface area contributed by atoms with E-state index in [0.29, 0.717) is 0 Å². The number of hydrogen-bond donors (Lipinski definition) is 1. The largest absolute Gasteiger partial charge is 0.484 e.